The maximum atomic E-state index is 6.15. The Balaban J connectivity index is 1.56. The number of rotatable bonds is 4. The number of nitrogens with one attached hydrogen (secondary N) is 1. The second kappa shape index (κ2) is 4.83. The van der Waals surface area contributed by atoms with Crippen LogP contribution in [0.5, 0.6) is 0 Å². The second-order valence-electron chi connectivity index (χ2n) is 7.43. The molecule has 4 heteroatoms. The third-order valence-corrected chi connectivity index (χ3v) is 5.99. The summed E-state index contributed by atoms with van der Waals surface area (Å²) in [7, 11) is 0. The third kappa shape index (κ3) is 2.00. The summed E-state index contributed by atoms with van der Waals surface area (Å²) in [5.41, 5.74) is 6.15. The van der Waals surface area contributed by atoms with Gasteiger partial charge in [0.2, 0.25) is 0 Å². The molecule has 4 saturated carbocycles. The van der Waals surface area contributed by atoms with E-state index in [0.717, 1.165) is 48.2 Å². The average Bonchev–Trinajstić information content (AvgIpc) is 2.87. The van der Waals surface area contributed by atoms with Gasteiger partial charge in [-0.15, -0.1) is 0 Å². The first-order valence-electron chi connectivity index (χ1n) is 8.42. The quantitative estimate of drug-likeness (QED) is 0.886. The van der Waals surface area contributed by atoms with Crippen LogP contribution in [0, 0.1) is 23.7 Å². The van der Waals surface area contributed by atoms with E-state index in [1.54, 1.807) is 0 Å². The van der Waals surface area contributed by atoms with Crippen LogP contribution in [0.15, 0.2) is 0 Å². The van der Waals surface area contributed by atoms with Gasteiger partial charge < -0.3 is 5.73 Å². The summed E-state index contributed by atoms with van der Waals surface area (Å²) in [6.07, 6.45) is 9.26. The van der Waals surface area contributed by atoms with Gasteiger partial charge >= 0.3 is 0 Å². The highest BCUT2D eigenvalue weighted by Gasteiger charge is 2.49. The van der Waals surface area contributed by atoms with Crippen molar-refractivity contribution in [3.05, 3.63) is 11.6 Å². The predicted molar refractivity (Wildman–Crippen MR) is 78.0 cm³/mol. The van der Waals surface area contributed by atoms with Gasteiger partial charge in [0.25, 0.3) is 0 Å². The smallest absolute Gasteiger partial charge is 0.167 e. The Labute approximate surface area is 120 Å². The third-order valence-electron chi connectivity index (χ3n) is 5.99. The van der Waals surface area contributed by atoms with E-state index in [4.69, 9.17) is 10.7 Å². The molecule has 20 heavy (non-hydrogen) atoms. The number of hydrogen-bond donors (Lipinski definition) is 2. The van der Waals surface area contributed by atoms with Gasteiger partial charge in [-0.2, -0.15) is 5.10 Å². The normalized spacial score (nSPS) is 40.2. The fourth-order valence-corrected chi connectivity index (χ4v) is 5.41. The molecule has 4 aliphatic carbocycles. The monoisotopic (exact) mass is 274 g/mol. The molecular weight excluding hydrogens is 248 g/mol. The molecule has 4 fully saturated rings. The minimum Gasteiger partial charge on any atom is -0.321 e. The molecule has 3 N–H and O–H groups in total. The largest absolute Gasteiger partial charge is 0.321 e. The number of nitrogens with two attached hydrogens (primary N) is 1. The minimum atomic E-state index is 0.00170. The number of hydrogen-bond acceptors (Lipinski definition) is 3. The molecule has 0 saturated heterocycles. The van der Waals surface area contributed by atoms with Crippen LogP contribution in [0.2, 0.25) is 0 Å². The molecule has 4 aliphatic rings. The van der Waals surface area contributed by atoms with Crippen molar-refractivity contribution in [2.45, 2.75) is 63.8 Å². The molecule has 0 radical (unpaired) electrons. The zero-order valence-electron chi connectivity index (χ0n) is 12.4. The molecule has 1 atom stereocenters. The Morgan fingerprint density at radius 1 is 1.15 bits per heavy atom. The van der Waals surface area contributed by atoms with Gasteiger partial charge in [0, 0.05) is 5.92 Å². The Morgan fingerprint density at radius 3 is 2.40 bits per heavy atom. The lowest BCUT2D eigenvalue weighted by Crippen LogP contribution is -2.44. The van der Waals surface area contributed by atoms with Crippen molar-refractivity contribution in [2.75, 3.05) is 0 Å². The van der Waals surface area contributed by atoms with E-state index in [1.807, 2.05) is 0 Å². The Hall–Kier alpha value is -0.900. The first-order chi connectivity index (χ1) is 9.74. The van der Waals surface area contributed by atoms with Crippen molar-refractivity contribution in [1.82, 2.24) is 15.2 Å². The van der Waals surface area contributed by atoms with Crippen molar-refractivity contribution in [3.8, 4) is 0 Å². The van der Waals surface area contributed by atoms with Gasteiger partial charge in [-0.05, 0) is 62.2 Å². The number of aromatic nitrogens is 3. The van der Waals surface area contributed by atoms with E-state index >= 15 is 0 Å². The predicted octanol–water partition coefficient (Wildman–Crippen LogP) is 3.14. The molecule has 0 aromatic carbocycles. The van der Waals surface area contributed by atoms with Crippen LogP contribution in [0.3, 0.4) is 0 Å². The SMILES string of the molecule is CCCC(N)c1n[nH]c(C2C3CC4CC(C3)CC2C4)n1. The Kier molecular flexibility index (Phi) is 3.09. The van der Waals surface area contributed by atoms with E-state index in [-0.39, 0.29) is 6.04 Å². The van der Waals surface area contributed by atoms with E-state index in [1.165, 1.54) is 32.1 Å². The van der Waals surface area contributed by atoms with E-state index in [2.05, 4.69) is 17.1 Å². The molecule has 4 bridgehead atoms. The van der Waals surface area contributed by atoms with Crippen molar-refractivity contribution >= 4 is 0 Å². The Bertz CT molecular complexity index is 453. The molecule has 0 aliphatic heterocycles. The van der Waals surface area contributed by atoms with Crippen LogP contribution in [-0.2, 0) is 0 Å². The van der Waals surface area contributed by atoms with Crippen LogP contribution in [0.4, 0.5) is 0 Å². The molecule has 1 unspecified atom stereocenters. The first-order valence-corrected chi connectivity index (χ1v) is 8.42. The number of H-pyrrole nitrogens is 1. The molecule has 0 spiro atoms. The van der Waals surface area contributed by atoms with Crippen molar-refractivity contribution in [1.29, 1.82) is 0 Å². The highest BCUT2D eigenvalue weighted by atomic mass is 15.2. The van der Waals surface area contributed by atoms with Gasteiger partial charge in [-0.1, -0.05) is 13.3 Å². The minimum absolute atomic E-state index is 0.00170. The second-order valence-corrected chi connectivity index (χ2v) is 7.43. The highest BCUT2D eigenvalue weighted by molar-refractivity contribution is 5.11. The molecule has 1 aromatic rings. The van der Waals surface area contributed by atoms with Crippen molar-refractivity contribution in [2.24, 2.45) is 29.4 Å². The first kappa shape index (κ1) is 12.8. The maximum Gasteiger partial charge on any atom is 0.167 e. The van der Waals surface area contributed by atoms with Gasteiger partial charge in [-0.3, -0.25) is 5.10 Å². The lowest BCUT2D eigenvalue weighted by atomic mass is 9.52. The fourth-order valence-electron chi connectivity index (χ4n) is 5.41. The average molecular weight is 274 g/mol. The van der Waals surface area contributed by atoms with E-state index in [9.17, 15) is 0 Å². The summed E-state index contributed by atoms with van der Waals surface area (Å²) in [6, 6.07) is 0.00170. The lowest BCUT2D eigenvalue weighted by Gasteiger charge is -2.53. The summed E-state index contributed by atoms with van der Waals surface area (Å²) in [5.74, 6) is 6.34. The summed E-state index contributed by atoms with van der Waals surface area (Å²) in [6.45, 7) is 2.16. The number of aromatic amines is 1. The lowest BCUT2D eigenvalue weighted by molar-refractivity contribution is -0.00556. The summed E-state index contributed by atoms with van der Waals surface area (Å²) >= 11 is 0. The van der Waals surface area contributed by atoms with Crippen molar-refractivity contribution < 1.29 is 0 Å². The van der Waals surface area contributed by atoms with Gasteiger partial charge in [0.05, 0.1) is 6.04 Å². The van der Waals surface area contributed by atoms with Gasteiger partial charge in [-0.25, -0.2) is 4.98 Å². The number of nitrogens with zero attached hydrogens (tertiary/aromatic N) is 2. The zero-order valence-corrected chi connectivity index (χ0v) is 12.4. The van der Waals surface area contributed by atoms with Crippen LogP contribution in [-0.4, -0.2) is 15.2 Å². The molecule has 1 aromatic heterocycles. The van der Waals surface area contributed by atoms with Crippen LogP contribution in [0.1, 0.15) is 75.5 Å². The van der Waals surface area contributed by atoms with E-state index < -0.39 is 0 Å². The summed E-state index contributed by atoms with van der Waals surface area (Å²) in [4.78, 5) is 4.78. The van der Waals surface area contributed by atoms with Crippen LogP contribution < -0.4 is 5.73 Å². The zero-order chi connectivity index (χ0) is 13.7. The summed E-state index contributed by atoms with van der Waals surface area (Å²) in [5, 5.41) is 7.64. The molecule has 0 amide bonds. The van der Waals surface area contributed by atoms with Gasteiger partial charge in [0.15, 0.2) is 5.82 Å². The van der Waals surface area contributed by atoms with Crippen LogP contribution >= 0.6 is 0 Å². The van der Waals surface area contributed by atoms with E-state index in [0.29, 0.717) is 5.92 Å². The molecule has 5 rings (SSSR count). The molecular formula is C16H26N4. The summed E-state index contributed by atoms with van der Waals surface area (Å²) < 4.78 is 0. The Morgan fingerprint density at radius 2 is 1.80 bits per heavy atom. The standard InChI is InChI=1S/C16H26N4/c1-2-3-13(17)15-18-16(20-19-15)14-11-5-9-4-10(7-11)8-12(14)6-9/h9-14H,2-8,17H2,1H3,(H,18,19,20). The van der Waals surface area contributed by atoms with Crippen molar-refractivity contribution in [3.63, 3.8) is 0 Å². The molecule has 4 nitrogen and oxygen atoms in total. The molecule has 110 valence electrons. The topological polar surface area (TPSA) is 67.6 Å². The van der Waals surface area contributed by atoms with Gasteiger partial charge in [0.1, 0.15) is 5.82 Å². The maximum absolute atomic E-state index is 6.15. The van der Waals surface area contributed by atoms with Crippen LogP contribution in [0.25, 0.3) is 0 Å². The fraction of sp³-hybridized carbons (Fsp3) is 0.875. The molecule has 1 heterocycles. The highest BCUT2D eigenvalue weighted by Crippen LogP contribution is 2.59.